The lowest BCUT2D eigenvalue weighted by molar-refractivity contribution is -0.138. The van der Waals surface area contributed by atoms with Crippen molar-refractivity contribution >= 4 is 17.5 Å². The standard InChI is InChI=1S/C18H22N2O3/c1-4-13-7-9-14(10-8-13)20-17(22)18(2,3)16(21)19-12-15-6-5-11-23-15/h5-11H,4,12H2,1-3H3,(H,19,21)(H,20,22). The van der Waals surface area contributed by atoms with E-state index in [9.17, 15) is 9.59 Å². The van der Waals surface area contributed by atoms with Crippen molar-refractivity contribution in [2.24, 2.45) is 5.41 Å². The Hall–Kier alpha value is -2.56. The first-order valence-electron chi connectivity index (χ1n) is 7.64. The number of rotatable bonds is 6. The largest absolute Gasteiger partial charge is 0.467 e. The van der Waals surface area contributed by atoms with Crippen molar-refractivity contribution in [2.45, 2.75) is 33.7 Å². The molecule has 1 aromatic heterocycles. The van der Waals surface area contributed by atoms with Crippen molar-refractivity contribution in [3.05, 3.63) is 54.0 Å². The second kappa shape index (κ2) is 7.13. The van der Waals surface area contributed by atoms with Crippen molar-refractivity contribution in [1.29, 1.82) is 0 Å². The van der Waals surface area contributed by atoms with E-state index in [1.807, 2.05) is 24.3 Å². The molecule has 0 atom stereocenters. The van der Waals surface area contributed by atoms with Crippen molar-refractivity contribution in [1.82, 2.24) is 5.32 Å². The molecule has 0 aliphatic rings. The molecule has 0 bridgehead atoms. The highest BCUT2D eigenvalue weighted by Gasteiger charge is 2.36. The minimum Gasteiger partial charge on any atom is -0.467 e. The number of amides is 2. The minimum absolute atomic E-state index is 0.258. The lowest BCUT2D eigenvalue weighted by Crippen LogP contribution is -2.44. The van der Waals surface area contributed by atoms with Crippen molar-refractivity contribution in [3.63, 3.8) is 0 Å². The molecule has 2 N–H and O–H groups in total. The number of nitrogens with one attached hydrogen (secondary N) is 2. The summed E-state index contributed by atoms with van der Waals surface area (Å²) < 4.78 is 5.16. The Bertz CT molecular complexity index is 658. The molecule has 1 aromatic carbocycles. The van der Waals surface area contributed by atoms with Crippen LogP contribution in [-0.2, 0) is 22.6 Å². The molecule has 0 unspecified atom stereocenters. The summed E-state index contributed by atoms with van der Waals surface area (Å²) in [7, 11) is 0. The minimum atomic E-state index is -1.18. The Labute approximate surface area is 136 Å². The van der Waals surface area contributed by atoms with Gasteiger partial charge in [0.1, 0.15) is 11.2 Å². The van der Waals surface area contributed by atoms with Gasteiger partial charge < -0.3 is 15.1 Å². The van der Waals surface area contributed by atoms with E-state index in [2.05, 4.69) is 17.6 Å². The topological polar surface area (TPSA) is 71.3 Å². The third-order valence-electron chi connectivity index (χ3n) is 3.76. The van der Waals surface area contributed by atoms with Gasteiger partial charge in [0.15, 0.2) is 0 Å². The first-order chi connectivity index (χ1) is 10.9. The number of carbonyl (C=O) groups is 2. The average molecular weight is 314 g/mol. The maximum absolute atomic E-state index is 12.4. The zero-order valence-electron chi connectivity index (χ0n) is 13.7. The third kappa shape index (κ3) is 4.22. The number of anilines is 1. The predicted molar refractivity (Wildman–Crippen MR) is 88.8 cm³/mol. The second-order valence-corrected chi connectivity index (χ2v) is 5.89. The van der Waals surface area contributed by atoms with Crippen molar-refractivity contribution < 1.29 is 14.0 Å². The fourth-order valence-electron chi connectivity index (χ4n) is 2.02. The van der Waals surface area contributed by atoms with Gasteiger partial charge in [-0.05, 0) is 50.1 Å². The summed E-state index contributed by atoms with van der Waals surface area (Å²) in [6.07, 6.45) is 2.48. The third-order valence-corrected chi connectivity index (χ3v) is 3.76. The molecule has 2 amide bonds. The quantitative estimate of drug-likeness (QED) is 0.805. The maximum atomic E-state index is 12.4. The van der Waals surface area contributed by atoms with E-state index >= 15 is 0 Å². The molecule has 2 aromatic rings. The van der Waals surface area contributed by atoms with Crippen LogP contribution in [0.5, 0.6) is 0 Å². The van der Waals surface area contributed by atoms with Gasteiger partial charge in [-0.1, -0.05) is 19.1 Å². The molecule has 0 spiro atoms. The molecule has 1 heterocycles. The monoisotopic (exact) mass is 314 g/mol. The van der Waals surface area contributed by atoms with Crippen molar-refractivity contribution in [3.8, 4) is 0 Å². The molecule has 0 aliphatic heterocycles. The van der Waals surface area contributed by atoms with Gasteiger partial charge in [0.2, 0.25) is 11.8 Å². The molecule has 5 heteroatoms. The number of furan rings is 1. The van der Waals surface area contributed by atoms with Crippen LogP contribution in [0.25, 0.3) is 0 Å². The van der Waals surface area contributed by atoms with Gasteiger partial charge in [-0.3, -0.25) is 9.59 Å². The molecular weight excluding hydrogens is 292 g/mol. The van der Waals surface area contributed by atoms with Gasteiger partial charge in [-0.15, -0.1) is 0 Å². The van der Waals surface area contributed by atoms with Crippen LogP contribution in [0.1, 0.15) is 32.1 Å². The van der Waals surface area contributed by atoms with Crippen LogP contribution < -0.4 is 10.6 Å². The van der Waals surface area contributed by atoms with Gasteiger partial charge in [0.05, 0.1) is 12.8 Å². The molecular formula is C18H22N2O3. The first kappa shape index (κ1) is 16.8. The fourth-order valence-corrected chi connectivity index (χ4v) is 2.02. The smallest absolute Gasteiger partial charge is 0.239 e. The van der Waals surface area contributed by atoms with Gasteiger partial charge in [-0.25, -0.2) is 0 Å². The molecule has 23 heavy (non-hydrogen) atoms. The summed E-state index contributed by atoms with van der Waals surface area (Å²) in [6, 6.07) is 11.1. The highest BCUT2D eigenvalue weighted by Crippen LogP contribution is 2.20. The summed E-state index contributed by atoms with van der Waals surface area (Å²) in [5.74, 6) is -0.0556. The van der Waals surface area contributed by atoms with Crippen LogP contribution in [0, 0.1) is 5.41 Å². The maximum Gasteiger partial charge on any atom is 0.239 e. The second-order valence-electron chi connectivity index (χ2n) is 5.89. The highest BCUT2D eigenvalue weighted by molar-refractivity contribution is 6.09. The van der Waals surface area contributed by atoms with Crippen LogP contribution >= 0.6 is 0 Å². The van der Waals surface area contributed by atoms with Crippen molar-refractivity contribution in [2.75, 3.05) is 5.32 Å². The summed E-state index contributed by atoms with van der Waals surface area (Å²) in [5, 5.41) is 5.50. The highest BCUT2D eigenvalue weighted by atomic mass is 16.3. The number of benzene rings is 1. The number of carbonyl (C=O) groups excluding carboxylic acids is 2. The summed E-state index contributed by atoms with van der Waals surface area (Å²) in [4.78, 5) is 24.7. The molecule has 5 nitrogen and oxygen atoms in total. The fraction of sp³-hybridized carbons (Fsp3) is 0.333. The Morgan fingerprint density at radius 3 is 2.35 bits per heavy atom. The Balaban J connectivity index is 1.96. The summed E-state index contributed by atoms with van der Waals surface area (Å²) in [5.41, 5.74) is 0.688. The summed E-state index contributed by atoms with van der Waals surface area (Å²) >= 11 is 0. The predicted octanol–water partition coefficient (Wildman–Crippen LogP) is 3.12. The molecule has 0 fully saturated rings. The Kier molecular flexibility index (Phi) is 5.21. The Morgan fingerprint density at radius 2 is 1.78 bits per heavy atom. The number of aryl methyl sites for hydroxylation is 1. The molecule has 0 radical (unpaired) electrons. The van der Waals surface area contributed by atoms with Gasteiger partial charge >= 0.3 is 0 Å². The van der Waals surface area contributed by atoms with Gasteiger partial charge in [0.25, 0.3) is 0 Å². The van der Waals surface area contributed by atoms with E-state index in [-0.39, 0.29) is 18.4 Å². The Morgan fingerprint density at radius 1 is 1.09 bits per heavy atom. The normalized spacial score (nSPS) is 11.1. The first-order valence-corrected chi connectivity index (χ1v) is 7.64. The number of hydrogen-bond donors (Lipinski definition) is 2. The van der Waals surface area contributed by atoms with Gasteiger partial charge in [0, 0.05) is 5.69 Å². The molecule has 2 rings (SSSR count). The zero-order chi connectivity index (χ0) is 16.9. The van der Waals surface area contributed by atoms with Crippen LogP contribution in [0.15, 0.2) is 47.1 Å². The lowest BCUT2D eigenvalue weighted by atomic mass is 9.91. The van der Waals surface area contributed by atoms with Gasteiger partial charge in [-0.2, -0.15) is 0 Å². The molecule has 0 saturated carbocycles. The van der Waals surface area contributed by atoms with E-state index in [1.54, 1.807) is 32.2 Å². The van der Waals surface area contributed by atoms with Crippen LogP contribution in [-0.4, -0.2) is 11.8 Å². The molecule has 0 aliphatic carbocycles. The van der Waals surface area contributed by atoms with Crippen LogP contribution in [0.4, 0.5) is 5.69 Å². The van der Waals surface area contributed by atoms with Crippen LogP contribution in [0.2, 0.25) is 0 Å². The van der Waals surface area contributed by atoms with E-state index in [1.165, 1.54) is 5.56 Å². The molecule has 122 valence electrons. The zero-order valence-corrected chi connectivity index (χ0v) is 13.7. The van der Waals surface area contributed by atoms with E-state index in [4.69, 9.17) is 4.42 Å². The van der Waals surface area contributed by atoms with E-state index in [0.29, 0.717) is 11.4 Å². The average Bonchev–Trinajstić information content (AvgIpc) is 3.06. The van der Waals surface area contributed by atoms with Crippen LogP contribution in [0.3, 0.4) is 0 Å². The summed E-state index contributed by atoms with van der Waals surface area (Å²) in [6.45, 7) is 5.52. The number of hydrogen-bond acceptors (Lipinski definition) is 3. The van der Waals surface area contributed by atoms with E-state index < -0.39 is 5.41 Å². The molecule has 0 saturated heterocycles. The lowest BCUT2D eigenvalue weighted by Gasteiger charge is -2.22. The van der Waals surface area contributed by atoms with E-state index in [0.717, 1.165) is 6.42 Å². The SMILES string of the molecule is CCc1ccc(NC(=O)C(C)(C)C(=O)NCc2ccco2)cc1.